The molecule has 1 aromatic heterocycles. The van der Waals surface area contributed by atoms with Crippen molar-refractivity contribution in [3.63, 3.8) is 0 Å². The molecule has 0 aliphatic heterocycles. The first-order chi connectivity index (χ1) is 9.54. The lowest BCUT2D eigenvalue weighted by Crippen LogP contribution is -2.31. The SMILES string of the molecule is CONC(=O)c1nn(-c2ccccc2F)c(C)cc1=O. The smallest absolute Gasteiger partial charge is 0.287 e. The van der Waals surface area contributed by atoms with Crippen LogP contribution in [0.15, 0.2) is 35.1 Å². The zero-order valence-corrected chi connectivity index (χ0v) is 10.9. The molecule has 2 aromatic rings. The molecule has 0 aliphatic carbocycles. The molecular weight excluding hydrogens is 265 g/mol. The molecule has 0 saturated heterocycles. The van der Waals surface area contributed by atoms with Gasteiger partial charge in [-0.2, -0.15) is 5.10 Å². The Labute approximate surface area is 113 Å². The van der Waals surface area contributed by atoms with Gasteiger partial charge in [-0.1, -0.05) is 12.1 Å². The predicted octanol–water partition coefficient (Wildman–Crippen LogP) is 0.971. The Morgan fingerprint density at radius 1 is 1.40 bits per heavy atom. The molecule has 0 saturated carbocycles. The number of nitrogens with zero attached hydrogens (tertiary/aromatic N) is 2. The average molecular weight is 277 g/mol. The summed E-state index contributed by atoms with van der Waals surface area (Å²) in [5, 5.41) is 3.89. The van der Waals surface area contributed by atoms with Crippen LogP contribution in [-0.4, -0.2) is 22.8 Å². The number of amides is 1. The highest BCUT2D eigenvalue weighted by Crippen LogP contribution is 2.12. The fourth-order valence-electron chi connectivity index (χ4n) is 1.71. The van der Waals surface area contributed by atoms with Crippen molar-refractivity contribution in [2.45, 2.75) is 6.92 Å². The zero-order valence-electron chi connectivity index (χ0n) is 10.9. The van der Waals surface area contributed by atoms with E-state index in [9.17, 15) is 14.0 Å². The highest BCUT2D eigenvalue weighted by Gasteiger charge is 2.16. The number of carbonyl (C=O) groups excluding carboxylic acids is 1. The summed E-state index contributed by atoms with van der Waals surface area (Å²) in [5.74, 6) is -1.30. The van der Waals surface area contributed by atoms with Crippen LogP contribution in [0.4, 0.5) is 4.39 Å². The Morgan fingerprint density at radius 3 is 2.75 bits per heavy atom. The molecule has 0 aliphatic rings. The third kappa shape index (κ3) is 2.57. The van der Waals surface area contributed by atoms with Crippen LogP contribution in [0.2, 0.25) is 0 Å². The number of rotatable bonds is 3. The third-order valence-electron chi connectivity index (χ3n) is 2.60. The van der Waals surface area contributed by atoms with Gasteiger partial charge in [0, 0.05) is 11.8 Å². The minimum absolute atomic E-state index is 0.150. The number of aromatic nitrogens is 2. The molecule has 6 nitrogen and oxygen atoms in total. The fourth-order valence-corrected chi connectivity index (χ4v) is 1.71. The van der Waals surface area contributed by atoms with Gasteiger partial charge in [0.25, 0.3) is 5.91 Å². The van der Waals surface area contributed by atoms with E-state index in [1.54, 1.807) is 13.0 Å². The van der Waals surface area contributed by atoms with Crippen LogP contribution in [0.5, 0.6) is 0 Å². The van der Waals surface area contributed by atoms with Gasteiger partial charge in [-0.15, -0.1) is 0 Å². The Morgan fingerprint density at radius 2 is 2.10 bits per heavy atom. The maximum atomic E-state index is 13.8. The van der Waals surface area contributed by atoms with Gasteiger partial charge in [0.15, 0.2) is 5.69 Å². The van der Waals surface area contributed by atoms with Gasteiger partial charge in [0.2, 0.25) is 5.43 Å². The number of halogens is 1. The summed E-state index contributed by atoms with van der Waals surface area (Å²) < 4.78 is 15.0. The van der Waals surface area contributed by atoms with E-state index >= 15 is 0 Å². The molecule has 7 heteroatoms. The fraction of sp³-hybridized carbons (Fsp3) is 0.154. The third-order valence-corrected chi connectivity index (χ3v) is 2.60. The van der Waals surface area contributed by atoms with Crippen LogP contribution in [0.1, 0.15) is 16.2 Å². The molecule has 0 bridgehead atoms. The van der Waals surface area contributed by atoms with Crippen molar-refractivity contribution < 1.29 is 14.0 Å². The molecule has 1 amide bonds. The monoisotopic (exact) mass is 277 g/mol. The first kappa shape index (κ1) is 13.9. The van der Waals surface area contributed by atoms with E-state index in [4.69, 9.17) is 0 Å². The van der Waals surface area contributed by atoms with Gasteiger partial charge in [-0.3, -0.25) is 14.4 Å². The van der Waals surface area contributed by atoms with Crippen LogP contribution in [0, 0.1) is 12.7 Å². The second kappa shape index (κ2) is 5.62. The van der Waals surface area contributed by atoms with Crippen LogP contribution in [0.3, 0.4) is 0 Å². The number of hydrogen-bond acceptors (Lipinski definition) is 4. The van der Waals surface area contributed by atoms with E-state index in [0.717, 1.165) is 0 Å². The van der Waals surface area contributed by atoms with E-state index in [1.807, 2.05) is 5.48 Å². The van der Waals surface area contributed by atoms with E-state index in [1.165, 1.54) is 36.1 Å². The molecule has 1 aromatic carbocycles. The van der Waals surface area contributed by atoms with Crippen LogP contribution in [-0.2, 0) is 4.84 Å². The summed E-state index contributed by atoms with van der Waals surface area (Å²) in [7, 11) is 1.24. The minimum Gasteiger partial charge on any atom is -0.287 e. The summed E-state index contributed by atoms with van der Waals surface area (Å²) in [6, 6.07) is 7.15. The van der Waals surface area contributed by atoms with E-state index < -0.39 is 17.2 Å². The second-order valence-electron chi connectivity index (χ2n) is 4.00. The Hall–Kier alpha value is -2.54. The van der Waals surface area contributed by atoms with Gasteiger partial charge in [0.1, 0.15) is 11.5 Å². The lowest BCUT2D eigenvalue weighted by Gasteiger charge is -2.11. The molecule has 1 N–H and O–H groups in total. The number of hydroxylamine groups is 1. The number of para-hydroxylation sites is 1. The normalized spacial score (nSPS) is 10.3. The Kier molecular flexibility index (Phi) is 3.90. The van der Waals surface area contributed by atoms with Crippen molar-refractivity contribution in [3.05, 3.63) is 57.8 Å². The summed E-state index contributed by atoms with van der Waals surface area (Å²) >= 11 is 0. The lowest BCUT2D eigenvalue weighted by molar-refractivity contribution is 0.0529. The molecule has 1 heterocycles. The molecule has 0 unspecified atom stereocenters. The quantitative estimate of drug-likeness (QED) is 0.848. The molecule has 20 heavy (non-hydrogen) atoms. The first-order valence-electron chi connectivity index (χ1n) is 5.74. The Balaban J connectivity index is 2.61. The topological polar surface area (TPSA) is 73.2 Å². The predicted molar refractivity (Wildman–Crippen MR) is 69.0 cm³/mol. The second-order valence-corrected chi connectivity index (χ2v) is 4.00. The molecule has 0 atom stereocenters. The maximum absolute atomic E-state index is 13.8. The number of carbonyl (C=O) groups is 1. The summed E-state index contributed by atoms with van der Waals surface area (Å²) in [4.78, 5) is 27.8. The van der Waals surface area contributed by atoms with Crippen molar-refractivity contribution in [3.8, 4) is 5.69 Å². The highest BCUT2D eigenvalue weighted by molar-refractivity contribution is 5.91. The van der Waals surface area contributed by atoms with E-state index in [2.05, 4.69) is 9.94 Å². The zero-order chi connectivity index (χ0) is 14.7. The molecule has 0 fully saturated rings. The minimum atomic E-state index is -0.789. The van der Waals surface area contributed by atoms with Gasteiger partial charge in [-0.05, 0) is 19.1 Å². The number of nitrogens with one attached hydrogen (secondary N) is 1. The molecule has 2 rings (SSSR count). The van der Waals surface area contributed by atoms with E-state index in [0.29, 0.717) is 5.69 Å². The molecular formula is C13H12FN3O3. The summed E-state index contributed by atoms with van der Waals surface area (Å²) in [5.41, 5.74) is 1.63. The van der Waals surface area contributed by atoms with Crippen LogP contribution < -0.4 is 10.9 Å². The highest BCUT2D eigenvalue weighted by atomic mass is 19.1. The average Bonchev–Trinajstić information content (AvgIpc) is 2.40. The van der Waals surface area contributed by atoms with Crippen molar-refractivity contribution in [2.24, 2.45) is 0 Å². The summed E-state index contributed by atoms with van der Waals surface area (Å²) in [6.07, 6.45) is 0. The van der Waals surface area contributed by atoms with Crippen molar-refractivity contribution in [2.75, 3.05) is 7.11 Å². The van der Waals surface area contributed by atoms with Gasteiger partial charge < -0.3 is 0 Å². The van der Waals surface area contributed by atoms with Gasteiger partial charge in [-0.25, -0.2) is 14.6 Å². The molecule has 0 radical (unpaired) electrons. The largest absolute Gasteiger partial charge is 0.299 e. The standard InChI is InChI=1S/C13H12FN3O3/c1-8-7-11(18)12(13(19)16-20-2)15-17(8)10-6-4-3-5-9(10)14/h3-7H,1-2H3,(H,16,19). The number of benzene rings is 1. The van der Waals surface area contributed by atoms with Crippen molar-refractivity contribution in [1.29, 1.82) is 0 Å². The summed E-state index contributed by atoms with van der Waals surface area (Å²) in [6.45, 7) is 1.60. The van der Waals surface area contributed by atoms with Crippen LogP contribution >= 0.6 is 0 Å². The van der Waals surface area contributed by atoms with E-state index in [-0.39, 0.29) is 11.4 Å². The van der Waals surface area contributed by atoms with Crippen molar-refractivity contribution >= 4 is 5.91 Å². The molecule has 0 spiro atoms. The molecule has 104 valence electrons. The number of aryl methyl sites for hydroxylation is 1. The number of hydrogen-bond donors (Lipinski definition) is 1. The Bertz CT molecular complexity index is 712. The van der Waals surface area contributed by atoms with Gasteiger partial charge >= 0.3 is 0 Å². The van der Waals surface area contributed by atoms with Crippen molar-refractivity contribution in [1.82, 2.24) is 15.3 Å². The maximum Gasteiger partial charge on any atom is 0.299 e. The first-order valence-corrected chi connectivity index (χ1v) is 5.74. The lowest BCUT2D eigenvalue weighted by atomic mass is 10.2. The van der Waals surface area contributed by atoms with Crippen LogP contribution in [0.25, 0.3) is 5.69 Å². The van der Waals surface area contributed by atoms with Gasteiger partial charge in [0.05, 0.1) is 7.11 Å².